The Morgan fingerprint density at radius 1 is 1.17 bits per heavy atom. The van der Waals surface area contributed by atoms with Gasteiger partial charge in [0.1, 0.15) is 0 Å². The van der Waals surface area contributed by atoms with E-state index in [4.69, 9.17) is 0 Å². The number of carbonyl (C=O) groups is 3. The van der Waals surface area contributed by atoms with Crippen LogP contribution >= 0.6 is 0 Å². The van der Waals surface area contributed by atoms with Crippen LogP contribution < -0.4 is 5.32 Å². The summed E-state index contributed by atoms with van der Waals surface area (Å²) in [7, 11) is 0. The number of nitrogens with zero attached hydrogens (tertiary/aromatic N) is 2. The molecule has 24 heavy (non-hydrogen) atoms. The quantitative estimate of drug-likeness (QED) is 0.794. The minimum Gasteiger partial charge on any atom is -0.340 e. The number of amides is 3. The first-order chi connectivity index (χ1) is 11.6. The monoisotopic (exact) mass is 327 g/mol. The molecule has 0 saturated carbocycles. The summed E-state index contributed by atoms with van der Waals surface area (Å²) in [4.78, 5) is 40.0. The van der Waals surface area contributed by atoms with E-state index >= 15 is 0 Å². The molecule has 6 heteroatoms. The van der Waals surface area contributed by atoms with Crippen molar-refractivity contribution in [3.8, 4) is 0 Å². The van der Waals surface area contributed by atoms with Crippen molar-refractivity contribution < 1.29 is 14.4 Å². The van der Waals surface area contributed by atoms with Crippen molar-refractivity contribution in [3.05, 3.63) is 35.4 Å². The lowest BCUT2D eigenvalue weighted by Gasteiger charge is -2.30. The van der Waals surface area contributed by atoms with E-state index in [1.54, 1.807) is 4.90 Å². The molecule has 0 radical (unpaired) electrons. The third kappa shape index (κ3) is 2.60. The van der Waals surface area contributed by atoms with Crippen molar-refractivity contribution in [2.24, 2.45) is 5.41 Å². The Morgan fingerprint density at radius 2 is 1.96 bits per heavy atom. The molecule has 1 spiro atoms. The highest BCUT2D eigenvalue weighted by Crippen LogP contribution is 2.37. The summed E-state index contributed by atoms with van der Waals surface area (Å²) in [5, 5.41) is 2.38. The topological polar surface area (TPSA) is 69.7 Å². The first-order valence-corrected chi connectivity index (χ1v) is 8.47. The van der Waals surface area contributed by atoms with Crippen molar-refractivity contribution in [2.45, 2.75) is 25.8 Å². The number of benzene rings is 1. The highest BCUT2D eigenvalue weighted by atomic mass is 16.2. The maximum atomic E-state index is 12.6. The fraction of sp³-hybridized carbons (Fsp3) is 0.500. The van der Waals surface area contributed by atoms with E-state index < -0.39 is 5.41 Å². The van der Waals surface area contributed by atoms with Crippen LogP contribution in [0.5, 0.6) is 0 Å². The van der Waals surface area contributed by atoms with E-state index in [-0.39, 0.29) is 24.1 Å². The summed E-state index contributed by atoms with van der Waals surface area (Å²) >= 11 is 0. The van der Waals surface area contributed by atoms with Crippen LogP contribution in [0.15, 0.2) is 24.3 Å². The molecule has 1 aromatic rings. The third-order valence-electron chi connectivity index (χ3n) is 5.51. The molecule has 3 aliphatic heterocycles. The maximum Gasteiger partial charge on any atom is 0.236 e. The van der Waals surface area contributed by atoms with Gasteiger partial charge in [-0.2, -0.15) is 0 Å². The second-order valence-corrected chi connectivity index (χ2v) is 7.13. The molecule has 0 aliphatic carbocycles. The van der Waals surface area contributed by atoms with E-state index in [2.05, 4.69) is 28.4 Å². The van der Waals surface area contributed by atoms with Gasteiger partial charge < -0.3 is 4.90 Å². The Kier molecular flexibility index (Phi) is 3.64. The van der Waals surface area contributed by atoms with Gasteiger partial charge in [0.25, 0.3) is 0 Å². The third-order valence-corrected chi connectivity index (χ3v) is 5.51. The fourth-order valence-corrected chi connectivity index (χ4v) is 4.09. The summed E-state index contributed by atoms with van der Waals surface area (Å²) < 4.78 is 0. The van der Waals surface area contributed by atoms with Crippen molar-refractivity contribution in [2.75, 3.05) is 26.2 Å². The summed E-state index contributed by atoms with van der Waals surface area (Å²) in [6, 6.07) is 8.35. The molecule has 4 rings (SSSR count). The SMILES string of the molecule is O=C1C[C@]2(CCN(C(=O)CN3CCc4ccccc4C3)C2)C(=O)N1. The lowest BCUT2D eigenvalue weighted by molar-refractivity contribution is -0.133. The first-order valence-electron chi connectivity index (χ1n) is 8.47. The van der Waals surface area contributed by atoms with Gasteiger partial charge in [0.2, 0.25) is 17.7 Å². The summed E-state index contributed by atoms with van der Waals surface area (Å²) in [6.45, 7) is 2.97. The van der Waals surface area contributed by atoms with Crippen molar-refractivity contribution in [1.29, 1.82) is 0 Å². The molecule has 3 aliphatic rings. The fourth-order valence-electron chi connectivity index (χ4n) is 4.09. The van der Waals surface area contributed by atoms with E-state index in [9.17, 15) is 14.4 Å². The van der Waals surface area contributed by atoms with E-state index in [0.29, 0.717) is 26.1 Å². The molecular formula is C18H21N3O3. The van der Waals surface area contributed by atoms with Crippen LogP contribution in [0.1, 0.15) is 24.0 Å². The second kappa shape index (κ2) is 5.70. The molecule has 3 heterocycles. The molecule has 6 nitrogen and oxygen atoms in total. The van der Waals surface area contributed by atoms with Gasteiger partial charge in [0.15, 0.2) is 0 Å². The Bertz CT molecular complexity index is 717. The number of hydrogen-bond donors (Lipinski definition) is 1. The predicted octanol–water partition coefficient (Wildman–Crippen LogP) is 0.310. The standard InChI is InChI=1S/C18H21N3O3/c22-15-9-18(17(24)19-15)6-8-21(12-18)16(23)11-20-7-5-13-3-1-2-4-14(13)10-20/h1-4H,5-12H2,(H,19,22,24)/t18-/m0/s1. The average molecular weight is 327 g/mol. The Hall–Kier alpha value is -2.21. The zero-order valence-electron chi connectivity index (χ0n) is 13.6. The van der Waals surface area contributed by atoms with Crippen LogP contribution in [0.2, 0.25) is 0 Å². The van der Waals surface area contributed by atoms with Crippen molar-refractivity contribution >= 4 is 17.7 Å². The zero-order valence-corrected chi connectivity index (χ0v) is 13.6. The van der Waals surface area contributed by atoms with Crippen LogP contribution in [0, 0.1) is 5.41 Å². The van der Waals surface area contributed by atoms with Gasteiger partial charge in [-0.05, 0) is 24.0 Å². The van der Waals surface area contributed by atoms with E-state index in [1.807, 2.05) is 6.07 Å². The Labute approximate surface area is 140 Å². The Morgan fingerprint density at radius 3 is 2.71 bits per heavy atom. The number of fused-ring (bicyclic) bond motifs is 1. The number of carbonyl (C=O) groups excluding carboxylic acids is 3. The normalized spacial score (nSPS) is 26.8. The van der Waals surface area contributed by atoms with Gasteiger partial charge in [-0.25, -0.2) is 0 Å². The smallest absolute Gasteiger partial charge is 0.236 e. The van der Waals surface area contributed by atoms with Gasteiger partial charge in [-0.1, -0.05) is 24.3 Å². The minimum absolute atomic E-state index is 0.0541. The molecule has 126 valence electrons. The van der Waals surface area contributed by atoms with Gasteiger partial charge in [-0.15, -0.1) is 0 Å². The van der Waals surface area contributed by atoms with Crippen LogP contribution in [-0.4, -0.2) is 53.7 Å². The highest BCUT2D eigenvalue weighted by molar-refractivity contribution is 6.06. The second-order valence-electron chi connectivity index (χ2n) is 7.13. The van der Waals surface area contributed by atoms with E-state index in [0.717, 1.165) is 19.5 Å². The summed E-state index contributed by atoms with van der Waals surface area (Å²) in [5.74, 6) is -0.380. The van der Waals surface area contributed by atoms with Crippen molar-refractivity contribution in [3.63, 3.8) is 0 Å². The molecule has 1 aromatic carbocycles. The number of imide groups is 1. The average Bonchev–Trinajstić information content (AvgIpc) is 3.11. The molecule has 0 unspecified atom stereocenters. The summed E-state index contributed by atoms with van der Waals surface area (Å²) in [5.41, 5.74) is 1.97. The van der Waals surface area contributed by atoms with Gasteiger partial charge in [0, 0.05) is 32.6 Å². The molecule has 2 saturated heterocycles. The molecule has 3 amide bonds. The minimum atomic E-state index is -0.679. The lowest BCUT2D eigenvalue weighted by Crippen LogP contribution is -2.43. The first kappa shape index (κ1) is 15.3. The van der Waals surface area contributed by atoms with Crippen LogP contribution in [0.25, 0.3) is 0 Å². The molecule has 1 N–H and O–H groups in total. The van der Waals surface area contributed by atoms with Crippen LogP contribution in [0.4, 0.5) is 0 Å². The van der Waals surface area contributed by atoms with E-state index in [1.165, 1.54) is 11.1 Å². The van der Waals surface area contributed by atoms with Crippen molar-refractivity contribution in [1.82, 2.24) is 15.1 Å². The molecule has 0 aromatic heterocycles. The maximum absolute atomic E-state index is 12.6. The molecular weight excluding hydrogens is 306 g/mol. The number of nitrogens with one attached hydrogen (secondary N) is 1. The summed E-state index contributed by atoms with van der Waals surface area (Å²) in [6.07, 6.45) is 1.76. The number of likely N-dealkylation sites (tertiary alicyclic amines) is 1. The lowest BCUT2D eigenvalue weighted by atomic mass is 9.85. The van der Waals surface area contributed by atoms with Crippen LogP contribution in [0.3, 0.4) is 0 Å². The molecule has 2 fully saturated rings. The van der Waals surface area contributed by atoms with Gasteiger partial charge >= 0.3 is 0 Å². The predicted molar refractivity (Wildman–Crippen MR) is 86.8 cm³/mol. The number of hydrogen-bond acceptors (Lipinski definition) is 4. The van der Waals surface area contributed by atoms with Gasteiger partial charge in [-0.3, -0.25) is 24.6 Å². The Balaban J connectivity index is 1.38. The molecule has 1 atom stereocenters. The number of rotatable bonds is 2. The van der Waals surface area contributed by atoms with Crippen LogP contribution in [-0.2, 0) is 27.3 Å². The highest BCUT2D eigenvalue weighted by Gasteiger charge is 2.51. The molecule has 0 bridgehead atoms. The van der Waals surface area contributed by atoms with Gasteiger partial charge in [0.05, 0.1) is 12.0 Å². The zero-order chi connectivity index (χ0) is 16.7. The largest absolute Gasteiger partial charge is 0.340 e.